The van der Waals surface area contributed by atoms with Crippen molar-refractivity contribution in [3.05, 3.63) is 34.3 Å². The molecule has 0 spiro atoms. The van der Waals surface area contributed by atoms with Gasteiger partial charge in [-0.25, -0.2) is 0 Å². The van der Waals surface area contributed by atoms with Crippen LogP contribution >= 0.6 is 11.6 Å². The SMILES string of the molecule is Cc1cccc(C(=O)N2CCC(CO)(CN3CCCC3)CC2)c1Cl. The maximum atomic E-state index is 12.8. The summed E-state index contributed by atoms with van der Waals surface area (Å²) in [6.07, 6.45) is 4.24. The fraction of sp³-hybridized carbons (Fsp3) is 0.632. The molecule has 0 atom stereocenters. The number of amides is 1. The van der Waals surface area contributed by atoms with E-state index in [1.165, 1.54) is 12.8 Å². The van der Waals surface area contributed by atoms with Crippen LogP contribution in [-0.4, -0.2) is 60.1 Å². The minimum absolute atomic E-state index is 0.0106. The van der Waals surface area contributed by atoms with E-state index in [0.29, 0.717) is 23.7 Å². The second kappa shape index (κ2) is 7.42. The molecule has 0 aliphatic carbocycles. The lowest BCUT2D eigenvalue weighted by atomic mass is 9.78. The first-order chi connectivity index (χ1) is 11.5. The normalized spacial score (nSPS) is 21.2. The van der Waals surface area contributed by atoms with Crippen LogP contribution in [0.25, 0.3) is 0 Å². The predicted molar refractivity (Wildman–Crippen MR) is 96.5 cm³/mol. The zero-order chi connectivity index (χ0) is 17.2. The number of aliphatic hydroxyl groups excluding tert-OH is 1. The summed E-state index contributed by atoms with van der Waals surface area (Å²) >= 11 is 6.31. The van der Waals surface area contributed by atoms with Gasteiger partial charge in [-0.1, -0.05) is 23.7 Å². The van der Waals surface area contributed by atoms with Crippen LogP contribution in [0.1, 0.15) is 41.6 Å². The van der Waals surface area contributed by atoms with Gasteiger partial charge in [0.2, 0.25) is 0 Å². The van der Waals surface area contributed by atoms with Crippen molar-refractivity contribution in [1.29, 1.82) is 0 Å². The van der Waals surface area contributed by atoms with E-state index in [0.717, 1.165) is 38.0 Å². The van der Waals surface area contributed by atoms with Crippen molar-refractivity contribution in [2.45, 2.75) is 32.6 Å². The van der Waals surface area contributed by atoms with Gasteiger partial charge in [-0.2, -0.15) is 0 Å². The summed E-state index contributed by atoms with van der Waals surface area (Å²) in [7, 11) is 0. The quantitative estimate of drug-likeness (QED) is 0.908. The molecule has 1 aromatic carbocycles. The van der Waals surface area contributed by atoms with Gasteiger partial charge in [-0.15, -0.1) is 0 Å². The second-order valence-corrected chi connectivity index (χ2v) is 7.75. The van der Waals surface area contributed by atoms with E-state index >= 15 is 0 Å². The van der Waals surface area contributed by atoms with E-state index in [4.69, 9.17) is 11.6 Å². The van der Waals surface area contributed by atoms with E-state index in [-0.39, 0.29) is 17.9 Å². The molecule has 2 heterocycles. The van der Waals surface area contributed by atoms with Crippen LogP contribution in [0.15, 0.2) is 18.2 Å². The number of hydrogen-bond donors (Lipinski definition) is 1. The molecule has 0 radical (unpaired) electrons. The Kier molecular flexibility index (Phi) is 5.48. The molecule has 24 heavy (non-hydrogen) atoms. The lowest BCUT2D eigenvalue weighted by Gasteiger charge is -2.42. The van der Waals surface area contributed by atoms with Gasteiger partial charge >= 0.3 is 0 Å². The van der Waals surface area contributed by atoms with Crippen LogP contribution < -0.4 is 0 Å². The molecular formula is C19H27ClN2O2. The minimum Gasteiger partial charge on any atom is -0.396 e. The number of nitrogens with zero attached hydrogens (tertiary/aromatic N) is 2. The Morgan fingerprint density at radius 3 is 2.50 bits per heavy atom. The highest BCUT2D eigenvalue weighted by molar-refractivity contribution is 6.34. The molecule has 2 aliphatic rings. The highest BCUT2D eigenvalue weighted by atomic mass is 35.5. The minimum atomic E-state index is -0.0580. The zero-order valence-corrected chi connectivity index (χ0v) is 15.2. The molecule has 4 nitrogen and oxygen atoms in total. The Morgan fingerprint density at radius 2 is 1.88 bits per heavy atom. The maximum Gasteiger partial charge on any atom is 0.255 e. The van der Waals surface area contributed by atoms with Crippen molar-refractivity contribution in [3.8, 4) is 0 Å². The molecule has 0 bridgehead atoms. The predicted octanol–water partition coefficient (Wildman–Crippen LogP) is 2.96. The third-order valence-corrected chi connectivity index (χ3v) is 6.13. The topological polar surface area (TPSA) is 43.8 Å². The van der Waals surface area contributed by atoms with Crippen LogP contribution in [0.3, 0.4) is 0 Å². The first kappa shape index (κ1) is 17.7. The van der Waals surface area contributed by atoms with Crippen LogP contribution in [0.2, 0.25) is 5.02 Å². The molecule has 0 aromatic heterocycles. The van der Waals surface area contributed by atoms with Crippen LogP contribution in [-0.2, 0) is 0 Å². The van der Waals surface area contributed by atoms with Crippen molar-refractivity contribution in [3.63, 3.8) is 0 Å². The average Bonchev–Trinajstić information content (AvgIpc) is 3.10. The third kappa shape index (κ3) is 3.61. The Morgan fingerprint density at radius 1 is 1.21 bits per heavy atom. The smallest absolute Gasteiger partial charge is 0.255 e. The summed E-state index contributed by atoms with van der Waals surface area (Å²) in [6, 6.07) is 5.60. The largest absolute Gasteiger partial charge is 0.396 e. The van der Waals surface area contributed by atoms with Gasteiger partial charge in [0.15, 0.2) is 0 Å². The molecule has 1 aromatic rings. The number of halogens is 1. The molecule has 2 fully saturated rings. The molecule has 5 heteroatoms. The highest BCUT2D eigenvalue weighted by Crippen LogP contribution is 2.34. The van der Waals surface area contributed by atoms with E-state index in [2.05, 4.69) is 4.90 Å². The summed E-state index contributed by atoms with van der Waals surface area (Å²) in [5.41, 5.74) is 1.46. The van der Waals surface area contributed by atoms with Crippen molar-refractivity contribution in [2.24, 2.45) is 5.41 Å². The molecule has 1 N–H and O–H groups in total. The number of aryl methyl sites for hydroxylation is 1. The summed E-state index contributed by atoms with van der Waals surface area (Å²) in [5.74, 6) is 0.0106. The van der Waals surface area contributed by atoms with Crippen molar-refractivity contribution in [1.82, 2.24) is 9.80 Å². The molecule has 1 amide bonds. The summed E-state index contributed by atoms with van der Waals surface area (Å²) < 4.78 is 0. The number of hydrogen-bond acceptors (Lipinski definition) is 3. The van der Waals surface area contributed by atoms with Crippen LogP contribution in [0, 0.1) is 12.3 Å². The van der Waals surface area contributed by atoms with Gasteiger partial charge in [0.25, 0.3) is 5.91 Å². The molecule has 2 aliphatic heterocycles. The van der Waals surface area contributed by atoms with Crippen molar-refractivity contribution >= 4 is 17.5 Å². The molecule has 132 valence electrons. The van der Waals surface area contributed by atoms with E-state index in [1.54, 1.807) is 6.07 Å². The van der Waals surface area contributed by atoms with E-state index < -0.39 is 0 Å². The van der Waals surface area contributed by atoms with E-state index in [9.17, 15) is 9.90 Å². The maximum absolute atomic E-state index is 12.8. The standard InChI is InChI=1S/C19H27ClN2O2/c1-15-5-4-6-16(17(15)20)18(24)22-11-7-19(14-23,8-12-22)13-21-9-2-3-10-21/h4-6,23H,2-3,7-14H2,1H3. The Hall–Kier alpha value is -1.10. The number of benzene rings is 1. The van der Waals surface area contributed by atoms with Gasteiger partial charge < -0.3 is 14.9 Å². The van der Waals surface area contributed by atoms with Gasteiger partial charge in [0.05, 0.1) is 17.2 Å². The monoisotopic (exact) mass is 350 g/mol. The number of aliphatic hydroxyl groups is 1. The average molecular weight is 351 g/mol. The number of rotatable bonds is 4. The summed E-state index contributed by atoms with van der Waals surface area (Å²) in [5, 5.41) is 10.5. The molecular weight excluding hydrogens is 324 g/mol. The zero-order valence-electron chi connectivity index (χ0n) is 14.4. The number of piperidine rings is 1. The molecule has 2 saturated heterocycles. The molecule has 0 unspecified atom stereocenters. The van der Waals surface area contributed by atoms with Gasteiger partial charge in [-0.3, -0.25) is 4.79 Å². The first-order valence-electron chi connectivity index (χ1n) is 8.92. The van der Waals surface area contributed by atoms with Crippen molar-refractivity contribution < 1.29 is 9.90 Å². The van der Waals surface area contributed by atoms with E-state index in [1.807, 2.05) is 24.0 Å². The van der Waals surface area contributed by atoms with Gasteiger partial charge in [-0.05, 0) is 57.3 Å². The Balaban J connectivity index is 1.65. The number of carbonyl (C=O) groups excluding carboxylic acids is 1. The van der Waals surface area contributed by atoms with Crippen LogP contribution in [0.4, 0.5) is 0 Å². The lowest BCUT2D eigenvalue weighted by molar-refractivity contribution is 0.0179. The molecule has 0 saturated carbocycles. The fourth-order valence-corrected chi connectivity index (χ4v) is 4.16. The fourth-order valence-electron chi connectivity index (χ4n) is 3.95. The number of carbonyl (C=O) groups is 1. The third-order valence-electron chi connectivity index (χ3n) is 5.63. The van der Waals surface area contributed by atoms with Crippen LogP contribution in [0.5, 0.6) is 0 Å². The first-order valence-corrected chi connectivity index (χ1v) is 9.30. The highest BCUT2D eigenvalue weighted by Gasteiger charge is 2.37. The van der Waals surface area contributed by atoms with Crippen molar-refractivity contribution in [2.75, 3.05) is 39.3 Å². The molecule has 3 rings (SSSR count). The Labute approximate surface area is 149 Å². The summed E-state index contributed by atoms with van der Waals surface area (Å²) in [6.45, 7) is 6.75. The Bertz CT molecular complexity index is 591. The summed E-state index contributed by atoms with van der Waals surface area (Å²) in [4.78, 5) is 17.1. The lowest BCUT2D eigenvalue weighted by Crippen LogP contribution is -2.49. The number of likely N-dealkylation sites (tertiary alicyclic amines) is 2. The second-order valence-electron chi connectivity index (χ2n) is 7.37. The van der Waals surface area contributed by atoms with Gasteiger partial charge in [0.1, 0.15) is 0 Å². The van der Waals surface area contributed by atoms with Gasteiger partial charge in [0, 0.05) is 25.0 Å².